The summed E-state index contributed by atoms with van der Waals surface area (Å²) in [6, 6.07) is 8.14. The number of anilines is 4. The molecule has 1 atom stereocenters. The van der Waals surface area contributed by atoms with Gasteiger partial charge in [0.15, 0.2) is 5.82 Å². The number of carbonyl (C=O) groups is 2. The van der Waals surface area contributed by atoms with E-state index >= 15 is 0 Å². The zero-order chi connectivity index (χ0) is 22.1. The summed E-state index contributed by atoms with van der Waals surface area (Å²) in [5, 5.41) is 12.4. The Morgan fingerprint density at radius 1 is 1.26 bits per heavy atom. The van der Waals surface area contributed by atoms with Gasteiger partial charge in [0.05, 0.1) is 24.0 Å². The van der Waals surface area contributed by atoms with E-state index in [2.05, 4.69) is 10.2 Å². The van der Waals surface area contributed by atoms with Crippen LogP contribution in [0.4, 0.5) is 23.0 Å². The number of methoxy groups -OCH3 is 1. The number of amides is 1. The second kappa shape index (κ2) is 8.43. The van der Waals surface area contributed by atoms with Gasteiger partial charge in [0.1, 0.15) is 17.6 Å². The van der Waals surface area contributed by atoms with Crippen molar-refractivity contribution in [2.45, 2.75) is 31.8 Å². The van der Waals surface area contributed by atoms with Crippen LogP contribution in [-0.2, 0) is 9.53 Å². The molecule has 2 aliphatic rings. The van der Waals surface area contributed by atoms with Gasteiger partial charge in [0.25, 0.3) is 0 Å². The Balaban J connectivity index is 1.70. The maximum Gasteiger partial charge on any atom is 0.335 e. The van der Waals surface area contributed by atoms with E-state index in [9.17, 15) is 14.7 Å². The Labute approximate surface area is 180 Å². The number of hydrogen-bond acceptors (Lipinski definition) is 7. The van der Waals surface area contributed by atoms with E-state index in [0.717, 1.165) is 24.3 Å². The quantitative estimate of drug-likeness (QED) is 0.752. The van der Waals surface area contributed by atoms with Gasteiger partial charge in [-0.1, -0.05) is 0 Å². The molecule has 4 rings (SSSR count). The Bertz CT molecular complexity index is 1010. The summed E-state index contributed by atoms with van der Waals surface area (Å²) in [7, 11) is 3.25. The normalized spacial score (nSPS) is 19.2. The molecule has 1 amide bonds. The smallest absolute Gasteiger partial charge is 0.335 e. The number of likely N-dealkylation sites (N-methyl/N-ethyl adjacent to an activating group) is 1. The van der Waals surface area contributed by atoms with Gasteiger partial charge in [-0.2, -0.15) is 0 Å². The number of hydrogen-bond donors (Lipinski definition) is 2. The van der Waals surface area contributed by atoms with E-state index < -0.39 is 5.97 Å². The number of carbonyl (C=O) groups excluding carboxylic acids is 1. The maximum atomic E-state index is 12.8. The van der Waals surface area contributed by atoms with Crippen molar-refractivity contribution in [2.24, 2.45) is 0 Å². The number of aromatic carboxylic acids is 1. The second-order valence-corrected chi connectivity index (χ2v) is 7.71. The molecule has 0 bridgehead atoms. The van der Waals surface area contributed by atoms with Crippen LogP contribution in [0.15, 0.2) is 30.3 Å². The average molecular weight is 426 g/mol. The van der Waals surface area contributed by atoms with Crippen molar-refractivity contribution >= 4 is 34.9 Å². The molecule has 0 saturated carbocycles. The fourth-order valence-electron chi connectivity index (χ4n) is 4.18. The third kappa shape index (κ3) is 3.88. The first kappa shape index (κ1) is 20.9. The van der Waals surface area contributed by atoms with Gasteiger partial charge in [-0.15, -0.1) is 0 Å². The molecule has 2 aliphatic heterocycles. The van der Waals surface area contributed by atoms with E-state index in [-0.39, 0.29) is 23.6 Å². The highest BCUT2D eigenvalue weighted by atomic mass is 16.5. The zero-order valence-electron chi connectivity index (χ0n) is 17.8. The molecule has 1 saturated heterocycles. The van der Waals surface area contributed by atoms with Gasteiger partial charge in [-0.25, -0.2) is 9.78 Å². The van der Waals surface area contributed by atoms with Crippen molar-refractivity contribution in [3.05, 3.63) is 35.9 Å². The lowest BCUT2D eigenvalue weighted by atomic mass is 10.0. The summed E-state index contributed by atoms with van der Waals surface area (Å²) in [5.41, 5.74) is 1.50. The van der Waals surface area contributed by atoms with Crippen LogP contribution in [-0.4, -0.2) is 61.4 Å². The molecular formula is C22H26N4O5. The number of pyridine rings is 1. The highest BCUT2D eigenvalue weighted by Crippen LogP contribution is 2.39. The molecule has 9 nitrogen and oxygen atoms in total. The molecule has 31 heavy (non-hydrogen) atoms. The minimum absolute atomic E-state index is 0.0347. The molecule has 1 aromatic carbocycles. The summed E-state index contributed by atoms with van der Waals surface area (Å²) in [4.78, 5) is 32.7. The summed E-state index contributed by atoms with van der Waals surface area (Å²) in [5.74, 6) is 0.735. The molecule has 2 aromatic rings. The monoisotopic (exact) mass is 426 g/mol. The summed E-state index contributed by atoms with van der Waals surface area (Å²) in [6.45, 7) is 3.24. The first-order valence-electron chi connectivity index (χ1n) is 10.2. The minimum Gasteiger partial charge on any atom is -0.495 e. The largest absolute Gasteiger partial charge is 0.495 e. The van der Waals surface area contributed by atoms with Crippen LogP contribution in [0.3, 0.4) is 0 Å². The lowest BCUT2D eigenvalue weighted by Crippen LogP contribution is -2.56. The van der Waals surface area contributed by atoms with Crippen LogP contribution in [0.2, 0.25) is 0 Å². The second-order valence-electron chi connectivity index (χ2n) is 7.71. The summed E-state index contributed by atoms with van der Waals surface area (Å²) >= 11 is 0. The van der Waals surface area contributed by atoms with Crippen LogP contribution in [0.5, 0.6) is 5.75 Å². The van der Waals surface area contributed by atoms with Crippen molar-refractivity contribution in [1.29, 1.82) is 0 Å². The SMILES string of the molecule is COc1cc(C(=O)O)ccc1Nc1ccc2c(n1)N(C1CCOCC1)[C@H](C)C(=O)N2C. The molecule has 2 N–H and O–H groups in total. The van der Waals surface area contributed by atoms with E-state index in [4.69, 9.17) is 14.5 Å². The molecular weight excluding hydrogens is 400 g/mol. The van der Waals surface area contributed by atoms with Gasteiger partial charge in [0, 0.05) is 26.3 Å². The number of rotatable bonds is 5. The first-order valence-corrected chi connectivity index (χ1v) is 10.2. The maximum absolute atomic E-state index is 12.8. The lowest BCUT2D eigenvalue weighted by molar-refractivity contribution is -0.119. The zero-order valence-corrected chi connectivity index (χ0v) is 17.8. The van der Waals surface area contributed by atoms with Crippen molar-refractivity contribution < 1.29 is 24.2 Å². The van der Waals surface area contributed by atoms with E-state index in [1.54, 1.807) is 24.1 Å². The van der Waals surface area contributed by atoms with Gasteiger partial charge < -0.3 is 29.7 Å². The van der Waals surface area contributed by atoms with Crippen LogP contribution < -0.4 is 19.9 Å². The number of fused-ring (bicyclic) bond motifs is 1. The number of benzene rings is 1. The molecule has 164 valence electrons. The Morgan fingerprint density at radius 2 is 2.00 bits per heavy atom. The molecule has 1 fully saturated rings. The lowest BCUT2D eigenvalue weighted by Gasteiger charge is -2.44. The third-order valence-electron chi connectivity index (χ3n) is 5.86. The Hall–Kier alpha value is -3.33. The molecule has 1 aromatic heterocycles. The van der Waals surface area contributed by atoms with Gasteiger partial charge in [-0.05, 0) is 50.1 Å². The van der Waals surface area contributed by atoms with Crippen molar-refractivity contribution in [3.63, 3.8) is 0 Å². The Kier molecular flexibility index (Phi) is 5.69. The first-order chi connectivity index (χ1) is 14.9. The number of ether oxygens (including phenoxy) is 2. The highest BCUT2D eigenvalue weighted by Gasteiger charge is 2.39. The minimum atomic E-state index is -1.02. The van der Waals surface area contributed by atoms with Crippen LogP contribution in [0.25, 0.3) is 0 Å². The predicted molar refractivity (Wildman–Crippen MR) is 117 cm³/mol. The number of aromatic nitrogens is 1. The highest BCUT2D eigenvalue weighted by molar-refractivity contribution is 6.04. The van der Waals surface area contributed by atoms with Gasteiger partial charge >= 0.3 is 5.97 Å². The number of nitrogens with zero attached hydrogens (tertiary/aromatic N) is 3. The van der Waals surface area contributed by atoms with Crippen LogP contribution in [0.1, 0.15) is 30.1 Å². The van der Waals surface area contributed by atoms with E-state index in [1.165, 1.54) is 19.2 Å². The standard InChI is InChI=1S/C22H26N4O5/c1-13-21(27)25(2)17-6-7-19(24-20(17)26(13)15-8-10-31-11-9-15)23-16-5-4-14(22(28)29)12-18(16)30-3/h4-7,12-13,15H,8-11H2,1-3H3,(H,23,24)(H,28,29)/t13-/m1/s1. The number of carboxylic acid groups (broad SMARTS) is 1. The summed E-state index contributed by atoms with van der Waals surface area (Å²) in [6.07, 6.45) is 1.68. The van der Waals surface area contributed by atoms with Gasteiger partial charge in [-0.3, -0.25) is 4.79 Å². The van der Waals surface area contributed by atoms with Crippen LogP contribution >= 0.6 is 0 Å². The van der Waals surface area contributed by atoms with Crippen molar-refractivity contribution in [3.8, 4) is 5.75 Å². The number of carboxylic acids is 1. The molecule has 9 heteroatoms. The predicted octanol–water partition coefficient (Wildman–Crippen LogP) is 2.88. The van der Waals surface area contributed by atoms with E-state index in [0.29, 0.717) is 30.5 Å². The molecule has 0 aliphatic carbocycles. The van der Waals surface area contributed by atoms with Gasteiger partial charge in [0.2, 0.25) is 5.91 Å². The fourth-order valence-corrected chi connectivity index (χ4v) is 4.18. The van der Waals surface area contributed by atoms with Crippen molar-refractivity contribution in [1.82, 2.24) is 4.98 Å². The molecule has 0 spiro atoms. The average Bonchev–Trinajstić information content (AvgIpc) is 2.78. The third-order valence-corrected chi connectivity index (χ3v) is 5.86. The van der Waals surface area contributed by atoms with E-state index in [1.807, 2.05) is 13.0 Å². The fraction of sp³-hybridized carbons (Fsp3) is 0.409. The topological polar surface area (TPSA) is 104 Å². The van der Waals surface area contributed by atoms with Crippen molar-refractivity contribution in [2.75, 3.05) is 42.5 Å². The van der Waals surface area contributed by atoms with Crippen LogP contribution in [0, 0.1) is 0 Å². The Morgan fingerprint density at radius 3 is 2.68 bits per heavy atom. The molecule has 0 radical (unpaired) electrons. The summed E-state index contributed by atoms with van der Waals surface area (Å²) < 4.78 is 10.9. The molecule has 0 unspecified atom stereocenters. The molecule has 3 heterocycles. The number of nitrogens with one attached hydrogen (secondary N) is 1.